The van der Waals surface area contributed by atoms with Gasteiger partial charge in [0.25, 0.3) is 0 Å². The molecule has 0 saturated carbocycles. The Hall–Kier alpha value is -3.15. The molecule has 0 aliphatic carbocycles. The van der Waals surface area contributed by atoms with Gasteiger partial charge in [0.05, 0.1) is 17.8 Å². The molecule has 1 aromatic carbocycles. The van der Waals surface area contributed by atoms with Crippen LogP contribution in [0, 0.1) is 5.82 Å². The van der Waals surface area contributed by atoms with Gasteiger partial charge in [0.2, 0.25) is 5.91 Å². The summed E-state index contributed by atoms with van der Waals surface area (Å²) in [5.41, 5.74) is 2.72. The maximum absolute atomic E-state index is 14.3. The molecule has 1 atom stereocenters. The summed E-state index contributed by atoms with van der Waals surface area (Å²) in [6, 6.07) is 10.3. The van der Waals surface area contributed by atoms with E-state index in [9.17, 15) is 9.18 Å². The lowest BCUT2D eigenvalue weighted by atomic mass is 9.91. The van der Waals surface area contributed by atoms with E-state index in [0.29, 0.717) is 24.2 Å². The molecule has 4 rings (SSSR count). The number of hydrogen-bond acceptors (Lipinski definition) is 4. The summed E-state index contributed by atoms with van der Waals surface area (Å²) in [6.45, 7) is 1.31. The van der Waals surface area contributed by atoms with Crippen molar-refractivity contribution in [2.24, 2.45) is 0 Å². The van der Waals surface area contributed by atoms with Crippen molar-refractivity contribution in [3.63, 3.8) is 0 Å². The van der Waals surface area contributed by atoms with Gasteiger partial charge in [-0.3, -0.25) is 19.7 Å². The van der Waals surface area contributed by atoms with E-state index >= 15 is 0 Å². The summed E-state index contributed by atoms with van der Waals surface area (Å²) in [4.78, 5) is 27.6. The predicted molar refractivity (Wildman–Crippen MR) is 104 cm³/mol. The summed E-state index contributed by atoms with van der Waals surface area (Å²) < 4.78 is 14.3. The fraction of sp³-hybridized carbons (Fsp3) is 0.273. The minimum absolute atomic E-state index is 0.0402. The molecule has 1 aliphatic heterocycles. The van der Waals surface area contributed by atoms with Gasteiger partial charge in [0, 0.05) is 49.4 Å². The molecular weight excluding hydrogens is 355 g/mol. The third-order valence-electron chi connectivity index (χ3n) is 5.12. The lowest BCUT2D eigenvalue weighted by Gasteiger charge is -2.33. The number of amides is 1. The molecule has 1 unspecified atom stereocenters. The summed E-state index contributed by atoms with van der Waals surface area (Å²) in [6.07, 6.45) is 8.76. The van der Waals surface area contributed by atoms with Crippen LogP contribution in [0.2, 0.25) is 0 Å². The number of pyridine rings is 1. The lowest BCUT2D eigenvalue weighted by Crippen LogP contribution is -2.40. The highest BCUT2D eigenvalue weighted by Gasteiger charge is 2.28. The van der Waals surface area contributed by atoms with Crippen LogP contribution < -0.4 is 0 Å². The van der Waals surface area contributed by atoms with Crippen LogP contribution in [0.5, 0.6) is 0 Å². The number of carbonyl (C=O) groups excluding carboxylic acids is 1. The summed E-state index contributed by atoms with van der Waals surface area (Å²) >= 11 is 0. The number of aromatic nitrogens is 3. The van der Waals surface area contributed by atoms with Gasteiger partial charge in [0.15, 0.2) is 0 Å². The number of likely N-dealkylation sites (tertiary alicyclic amines) is 1. The summed E-state index contributed by atoms with van der Waals surface area (Å²) in [7, 11) is 0. The number of hydrogen-bond donors (Lipinski definition) is 0. The molecule has 0 radical (unpaired) electrons. The van der Waals surface area contributed by atoms with Gasteiger partial charge in [-0.25, -0.2) is 4.39 Å². The second kappa shape index (κ2) is 8.25. The third kappa shape index (κ3) is 3.91. The van der Waals surface area contributed by atoms with Crippen LogP contribution in [0.3, 0.4) is 0 Å². The fourth-order valence-electron chi connectivity index (χ4n) is 3.72. The van der Waals surface area contributed by atoms with Gasteiger partial charge in [-0.1, -0.05) is 12.1 Å². The van der Waals surface area contributed by atoms with E-state index < -0.39 is 0 Å². The second-order valence-electron chi connectivity index (χ2n) is 6.98. The normalized spacial score (nSPS) is 16.8. The molecule has 1 aliphatic rings. The van der Waals surface area contributed by atoms with E-state index in [2.05, 4.69) is 15.0 Å². The first-order chi connectivity index (χ1) is 13.7. The van der Waals surface area contributed by atoms with Gasteiger partial charge in [-0.05, 0) is 42.7 Å². The minimum Gasteiger partial charge on any atom is -0.342 e. The van der Waals surface area contributed by atoms with Crippen LogP contribution in [-0.4, -0.2) is 38.8 Å². The highest BCUT2D eigenvalue weighted by molar-refractivity contribution is 5.79. The lowest BCUT2D eigenvalue weighted by molar-refractivity contribution is -0.131. The monoisotopic (exact) mass is 376 g/mol. The number of halogens is 1. The minimum atomic E-state index is -0.314. The van der Waals surface area contributed by atoms with E-state index in [1.807, 2.05) is 17.0 Å². The number of carbonyl (C=O) groups is 1. The highest BCUT2D eigenvalue weighted by atomic mass is 19.1. The molecule has 6 heteroatoms. The highest BCUT2D eigenvalue weighted by Crippen LogP contribution is 2.32. The second-order valence-corrected chi connectivity index (χ2v) is 6.98. The van der Waals surface area contributed by atoms with Crippen molar-refractivity contribution in [2.45, 2.75) is 25.2 Å². The Labute approximate surface area is 163 Å². The zero-order chi connectivity index (χ0) is 19.3. The molecule has 3 aromatic rings. The van der Waals surface area contributed by atoms with Crippen LogP contribution in [0.1, 0.15) is 30.0 Å². The van der Waals surface area contributed by atoms with E-state index in [4.69, 9.17) is 0 Å². The van der Waals surface area contributed by atoms with Crippen LogP contribution >= 0.6 is 0 Å². The first kappa shape index (κ1) is 18.2. The number of benzene rings is 1. The van der Waals surface area contributed by atoms with Gasteiger partial charge in [0.1, 0.15) is 5.82 Å². The van der Waals surface area contributed by atoms with Crippen molar-refractivity contribution in [1.29, 1.82) is 0 Å². The molecule has 142 valence electrons. The van der Waals surface area contributed by atoms with E-state index in [0.717, 1.165) is 30.6 Å². The smallest absolute Gasteiger partial charge is 0.227 e. The Balaban J connectivity index is 1.56. The Morgan fingerprint density at radius 1 is 1.07 bits per heavy atom. The third-order valence-corrected chi connectivity index (χ3v) is 5.12. The largest absolute Gasteiger partial charge is 0.342 e. The van der Waals surface area contributed by atoms with Gasteiger partial charge in [-0.15, -0.1) is 0 Å². The van der Waals surface area contributed by atoms with Crippen LogP contribution in [0.25, 0.3) is 11.3 Å². The molecule has 0 spiro atoms. The standard InChI is InChI=1S/C22H21FN4O/c23-19-6-2-1-5-18(19)22-21(25-11-12-26-22)17-4-3-13-27(15-17)20(28)14-16-7-9-24-10-8-16/h1-2,5-12,17H,3-4,13-15H2. The topological polar surface area (TPSA) is 59.0 Å². The number of rotatable bonds is 4. The van der Waals surface area contributed by atoms with Crippen molar-refractivity contribution >= 4 is 5.91 Å². The number of nitrogens with zero attached hydrogens (tertiary/aromatic N) is 4. The van der Waals surface area contributed by atoms with Crippen molar-refractivity contribution in [3.05, 3.63) is 78.3 Å². The molecular formula is C22H21FN4O. The maximum atomic E-state index is 14.3. The first-order valence-electron chi connectivity index (χ1n) is 9.45. The van der Waals surface area contributed by atoms with Crippen molar-refractivity contribution in [3.8, 4) is 11.3 Å². The molecule has 0 bridgehead atoms. The van der Waals surface area contributed by atoms with Gasteiger partial charge in [-0.2, -0.15) is 0 Å². The Morgan fingerprint density at radius 3 is 2.68 bits per heavy atom. The molecule has 1 amide bonds. The average molecular weight is 376 g/mol. The van der Waals surface area contributed by atoms with Crippen LogP contribution in [0.15, 0.2) is 61.2 Å². The van der Waals surface area contributed by atoms with E-state index in [1.54, 1.807) is 43.0 Å². The summed E-state index contributed by atoms with van der Waals surface area (Å²) in [5, 5.41) is 0. The number of piperidine rings is 1. The molecule has 2 aromatic heterocycles. The molecule has 28 heavy (non-hydrogen) atoms. The Kier molecular flexibility index (Phi) is 5.37. The van der Waals surface area contributed by atoms with Gasteiger partial charge >= 0.3 is 0 Å². The molecule has 5 nitrogen and oxygen atoms in total. The van der Waals surface area contributed by atoms with Crippen molar-refractivity contribution in [2.75, 3.05) is 13.1 Å². The average Bonchev–Trinajstić information content (AvgIpc) is 2.75. The Bertz CT molecular complexity index is 964. The van der Waals surface area contributed by atoms with Crippen LogP contribution in [0.4, 0.5) is 4.39 Å². The summed E-state index contributed by atoms with van der Waals surface area (Å²) in [5.74, 6) is -0.184. The molecule has 0 N–H and O–H groups in total. The van der Waals surface area contributed by atoms with Crippen molar-refractivity contribution in [1.82, 2.24) is 19.9 Å². The van der Waals surface area contributed by atoms with Crippen LogP contribution in [-0.2, 0) is 11.2 Å². The maximum Gasteiger partial charge on any atom is 0.227 e. The predicted octanol–water partition coefficient (Wildman–Crippen LogP) is 3.63. The zero-order valence-corrected chi connectivity index (χ0v) is 15.5. The quantitative estimate of drug-likeness (QED) is 0.698. The van der Waals surface area contributed by atoms with E-state index in [-0.39, 0.29) is 17.6 Å². The fourth-order valence-corrected chi connectivity index (χ4v) is 3.72. The zero-order valence-electron chi connectivity index (χ0n) is 15.5. The van der Waals surface area contributed by atoms with E-state index in [1.165, 1.54) is 6.07 Å². The molecule has 3 heterocycles. The SMILES string of the molecule is O=C(Cc1ccncc1)N1CCCC(c2nccnc2-c2ccccc2F)C1. The Morgan fingerprint density at radius 2 is 1.86 bits per heavy atom. The molecule has 1 fully saturated rings. The molecule has 1 saturated heterocycles. The van der Waals surface area contributed by atoms with Crippen molar-refractivity contribution < 1.29 is 9.18 Å². The first-order valence-corrected chi connectivity index (χ1v) is 9.45. The van der Waals surface area contributed by atoms with Gasteiger partial charge < -0.3 is 4.90 Å².